The van der Waals surface area contributed by atoms with Crippen LogP contribution in [0.25, 0.3) is 0 Å². The van der Waals surface area contributed by atoms with Crippen molar-refractivity contribution in [2.75, 3.05) is 0 Å². The van der Waals surface area contributed by atoms with Crippen molar-refractivity contribution in [3.8, 4) is 6.07 Å². The summed E-state index contributed by atoms with van der Waals surface area (Å²) in [6, 6.07) is 17.3. The van der Waals surface area contributed by atoms with Crippen molar-refractivity contribution in [3.63, 3.8) is 0 Å². The number of carbonyl (C=O) groups excluding carboxylic acids is 3. The quantitative estimate of drug-likeness (QED) is 0.475. The van der Waals surface area contributed by atoms with Gasteiger partial charge in [-0.05, 0) is 69.7 Å². The molecule has 9 nitrogen and oxygen atoms in total. The second-order valence-corrected chi connectivity index (χ2v) is 10.5. The Labute approximate surface area is 223 Å². The molecule has 0 aliphatic heterocycles. The van der Waals surface area contributed by atoms with E-state index in [-0.39, 0.29) is 31.0 Å². The number of ether oxygens (including phenoxy) is 2. The molecule has 1 aliphatic carbocycles. The highest BCUT2D eigenvalue weighted by molar-refractivity contribution is 5.86. The largest absolute Gasteiger partial charge is 0.445 e. The topological polar surface area (TPSA) is 130 Å². The standard InChI is InChI=1S/C29H36N4O5/c1-29(2,3)38-28(36)32-24-15-13-23(14-16-24)31-26(34)25(17-20-9-11-21(18-30)12-10-20)33-27(35)37-19-22-7-5-4-6-8-22/h4-12,23-25H,13-17,19H2,1-3H3,(H,31,34)(H,32,36)(H,33,35)/t23-,24-,25-/m1/s1. The minimum Gasteiger partial charge on any atom is -0.445 e. The summed E-state index contributed by atoms with van der Waals surface area (Å²) in [5.41, 5.74) is 1.60. The van der Waals surface area contributed by atoms with Crippen molar-refractivity contribution in [2.24, 2.45) is 0 Å². The summed E-state index contributed by atoms with van der Waals surface area (Å²) < 4.78 is 10.7. The number of nitriles is 1. The third-order valence-electron chi connectivity index (χ3n) is 6.14. The number of hydrogen-bond donors (Lipinski definition) is 3. The van der Waals surface area contributed by atoms with Gasteiger partial charge in [-0.15, -0.1) is 0 Å². The van der Waals surface area contributed by atoms with E-state index in [0.717, 1.165) is 11.1 Å². The normalized spacial score (nSPS) is 17.8. The lowest BCUT2D eigenvalue weighted by Gasteiger charge is -2.31. The smallest absolute Gasteiger partial charge is 0.408 e. The van der Waals surface area contributed by atoms with E-state index in [9.17, 15) is 14.4 Å². The molecule has 1 saturated carbocycles. The van der Waals surface area contributed by atoms with Crippen molar-refractivity contribution in [1.29, 1.82) is 5.26 Å². The number of nitrogens with one attached hydrogen (secondary N) is 3. The van der Waals surface area contributed by atoms with Crippen molar-refractivity contribution in [1.82, 2.24) is 16.0 Å². The van der Waals surface area contributed by atoms with E-state index < -0.39 is 23.8 Å². The SMILES string of the molecule is CC(C)(C)OC(=O)N[C@H]1CC[C@H](NC(=O)[C@@H](Cc2ccc(C#N)cc2)NC(=O)OCc2ccccc2)CC1. The molecule has 3 rings (SSSR count). The van der Waals surface area contributed by atoms with Crippen LogP contribution in [0.1, 0.15) is 63.1 Å². The average molecular weight is 521 g/mol. The van der Waals surface area contributed by atoms with Gasteiger partial charge in [-0.25, -0.2) is 9.59 Å². The molecule has 0 aromatic heterocycles. The molecule has 9 heteroatoms. The third-order valence-corrected chi connectivity index (χ3v) is 6.14. The van der Waals surface area contributed by atoms with E-state index >= 15 is 0 Å². The molecule has 202 valence electrons. The number of carbonyl (C=O) groups is 3. The Hall–Kier alpha value is -4.06. The van der Waals surface area contributed by atoms with E-state index in [4.69, 9.17) is 14.7 Å². The van der Waals surface area contributed by atoms with E-state index in [1.807, 2.05) is 51.1 Å². The minimum absolute atomic E-state index is 0.0152. The molecule has 0 heterocycles. The summed E-state index contributed by atoms with van der Waals surface area (Å²) in [7, 11) is 0. The zero-order chi connectivity index (χ0) is 27.5. The predicted molar refractivity (Wildman–Crippen MR) is 142 cm³/mol. The van der Waals surface area contributed by atoms with Gasteiger partial charge in [0.25, 0.3) is 0 Å². The summed E-state index contributed by atoms with van der Waals surface area (Å²) in [4.78, 5) is 37.9. The Balaban J connectivity index is 1.56. The van der Waals surface area contributed by atoms with Gasteiger partial charge in [0.15, 0.2) is 0 Å². The number of alkyl carbamates (subject to hydrolysis) is 2. The summed E-state index contributed by atoms with van der Waals surface area (Å²) in [6.07, 6.45) is 1.91. The third kappa shape index (κ3) is 9.77. The van der Waals surface area contributed by atoms with Crippen LogP contribution in [0.4, 0.5) is 9.59 Å². The fourth-order valence-electron chi connectivity index (χ4n) is 4.23. The van der Waals surface area contributed by atoms with E-state index in [2.05, 4.69) is 22.0 Å². The van der Waals surface area contributed by atoms with Crippen LogP contribution in [0, 0.1) is 11.3 Å². The molecule has 3 amide bonds. The number of rotatable bonds is 8. The molecule has 0 saturated heterocycles. The molecule has 3 N–H and O–H groups in total. The van der Waals surface area contributed by atoms with Gasteiger partial charge < -0.3 is 25.4 Å². The molecule has 0 radical (unpaired) electrons. The molecule has 1 atom stereocenters. The maximum absolute atomic E-state index is 13.2. The molecular formula is C29H36N4O5. The van der Waals surface area contributed by atoms with Gasteiger partial charge in [-0.2, -0.15) is 5.26 Å². The number of amides is 3. The summed E-state index contributed by atoms with van der Waals surface area (Å²) in [6.45, 7) is 5.54. The maximum atomic E-state index is 13.2. The maximum Gasteiger partial charge on any atom is 0.408 e. The molecule has 2 aromatic rings. The minimum atomic E-state index is -0.858. The van der Waals surface area contributed by atoms with E-state index in [1.165, 1.54) is 0 Å². The summed E-state index contributed by atoms with van der Waals surface area (Å²) >= 11 is 0. The van der Waals surface area contributed by atoms with Gasteiger partial charge in [0.2, 0.25) is 5.91 Å². The van der Waals surface area contributed by atoms with Crippen LogP contribution in [0.2, 0.25) is 0 Å². The highest BCUT2D eigenvalue weighted by Gasteiger charge is 2.28. The first kappa shape index (κ1) is 28.5. The second-order valence-electron chi connectivity index (χ2n) is 10.5. The molecule has 1 aliphatic rings. The van der Waals surface area contributed by atoms with Gasteiger partial charge in [0, 0.05) is 18.5 Å². The van der Waals surface area contributed by atoms with Crippen LogP contribution in [-0.2, 0) is 27.3 Å². The molecule has 0 unspecified atom stereocenters. The Bertz CT molecular complexity index is 1110. The molecule has 0 spiro atoms. The highest BCUT2D eigenvalue weighted by Crippen LogP contribution is 2.20. The van der Waals surface area contributed by atoms with Crippen LogP contribution in [0.5, 0.6) is 0 Å². The number of hydrogen-bond acceptors (Lipinski definition) is 6. The fourth-order valence-corrected chi connectivity index (χ4v) is 4.23. The number of nitrogens with zero attached hydrogens (tertiary/aromatic N) is 1. The predicted octanol–water partition coefficient (Wildman–Crippen LogP) is 4.35. The first-order valence-electron chi connectivity index (χ1n) is 12.9. The Morgan fingerprint density at radius 3 is 2.08 bits per heavy atom. The van der Waals surface area contributed by atoms with Gasteiger partial charge in [-0.1, -0.05) is 42.5 Å². The second kappa shape index (κ2) is 13.5. The van der Waals surface area contributed by atoms with Crippen molar-refractivity contribution >= 4 is 18.1 Å². The van der Waals surface area contributed by atoms with Crippen molar-refractivity contribution < 1.29 is 23.9 Å². The lowest BCUT2D eigenvalue weighted by atomic mass is 9.91. The zero-order valence-electron chi connectivity index (χ0n) is 22.2. The van der Waals surface area contributed by atoms with Gasteiger partial charge in [0.05, 0.1) is 11.6 Å². The van der Waals surface area contributed by atoms with Gasteiger partial charge >= 0.3 is 12.2 Å². The monoisotopic (exact) mass is 520 g/mol. The van der Waals surface area contributed by atoms with Crippen LogP contribution < -0.4 is 16.0 Å². The summed E-state index contributed by atoms with van der Waals surface area (Å²) in [5, 5.41) is 17.7. The Kier molecular flexibility index (Phi) is 10.1. The Morgan fingerprint density at radius 1 is 0.895 bits per heavy atom. The van der Waals surface area contributed by atoms with E-state index in [1.54, 1.807) is 24.3 Å². The molecule has 38 heavy (non-hydrogen) atoms. The lowest BCUT2D eigenvalue weighted by Crippen LogP contribution is -2.52. The van der Waals surface area contributed by atoms with Crippen LogP contribution in [0.3, 0.4) is 0 Å². The fraction of sp³-hybridized carbons (Fsp3) is 0.448. The average Bonchev–Trinajstić information content (AvgIpc) is 2.88. The Morgan fingerprint density at radius 2 is 1.50 bits per heavy atom. The first-order valence-corrected chi connectivity index (χ1v) is 12.9. The summed E-state index contributed by atoms with van der Waals surface area (Å²) in [5.74, 6) is -0.311. The van der Waals surface area contributed by atoms with E-state index in [0.29, 0.717) is 31.2 Å². The zero-order valence-corrected chi connectivity index (χ0v) is 22.2. The molecular weight excluding hydrogens is 484 g/mol. The lowest BCUT2D eigenvalue weighted by molar-refractivity contribution is -0.124. The molecule has 1 fully saturated rings. The van der Waals surface area contributed by atoms with Gasteiger partial charge in [0.1, 0.15) is 18.2 Å². The van der Waals surface area contributed by atoms with Crippen LogP contribution in [0.15, 0.2) is 54.6 Å². The molecule has 0 bridgehead atoms. The van der Waals surface area contributed by atoms with Crippen LogP contribution >= 0.6 is 0 Å². The van der Waals surface area contributed by atoms with Crippen LogP contribution in [-0.4, -0.2) is 41.8 Å². The van der Waals surface area contributed by atoms with Crippen molar-refractivity contribution in [3.05, 3.63) is 71.3 Å². The molecule has 2 aromatic carbocycles. The van der Waals surface area contributed by atoms with Crippen molar-refractivity contribution in [2.45, 2.75) is 83.2 Å². The number of benzene rings is 2. The first-order chi connectivity index (χ1) is 18.1. The highest BCUT2D eigenvalue weighted by atomic mass is 16.6. The van der Waals surface area contributed by atoms with Gasteiger partial charge in [-0.3, -0.25) is 4.79 Å².